The highest BCUT2D eigenvalue weighted by Crippen LogP contribution is 2.26. The molecule has 0 aliphatic rings. The van der Waals surface area contributed by atoms with E-state index >= 15 is 0 Å². The first-order valence-corrected chi connectivity index (χ1v) is 17.0. The van der Waals surface area contributed by atoms with Crippen molar-refractivity contribution in [1.82, 2.24) is 4.90 Å². The highest BCUT2D eigenvalue weighted by molar-refractivity contribution is 5.89. The van der Waals surface area contributed by atoms with Gasteiger partial charge in [0, 0.05) is 19.5 Å². The zero-order valence-electron chi connectivity index (χ0n) is 28.7. The summed E-state index contributed by atoms with van der Waals surface area (Å²) in [5.74, 6) is 1.21. The number of rotatable bonds is 19. The first-order valence-electron chi connectivity index (χ1n) is 17.0. The molecule has 0 heterocycles. The normalized spacial score (nSPS) is 11.3. The number of hydrogen-bond donors (Lipinski definition) is 0. The molecule has 0 aromatic heterocycles. The Balaban J connectivity index is 1.37. The van der Waals surface area contributed by atoms with E-state index in [0.29, 0.717) is 30.9 Å². The summed E-state index contributed by atoms with van der Waals surface area (Å²) < 4.78 is 11.2. The fourth-order valence-corrected chi connectivity index (χ4v) is 5.57. The first kappa shape index (κ1) is 36.1. The Kier molecular flexibility index (Phi) is 14.4. The van der Waals surface area contributed by atoms with Crippen LogP contribution in [0.4, 0.5) is 0 Å². The number of carbonyl (C=O) groups is 2. The van der Waals surface area contributed by atoms with Gasteiger partial charge in [-0.15, -0.1) is 6.58 Å². The molecule has 0 aliphatic carbocycles. The fraction of sp³-hybridized carbons (Fsp3) is 0.302. The van der Waals surface area contributed by atoms with Crippen LogP contribution in [0.15, 0.2) is 122 Å². The SMILES string of the molecule is C=CC/C=C\C(=O)CCCCN(CCc1ccccc1OCc1ccc(-c2cccc(C(C)C)c2)cc1)Cc1ccc(C(=O)OC)cc1. The summed E-state index contributed by atoms with van der Waals surface area (Å²) in [6.45, 7) is 11.1. The Bertz CT molecular complexity index is 1640. The topological polar surface area (TPSA) is 55.8 Å². The van der Waals surface area contributed by atoms with Crippen LogP contribution in [0.1, 0.15) is 78.1 Å². The van der Waals surface area contributed by atoms with Gasteiger partial charge in [-0.2, -0.15) is 0 Å². The zero-order chi connectivity index (χ0) is 34.1. The van der Waals surface area contributed by atoms with Gasteiger partial charge < -0.3 is 9.47 Å². The molecule has 0 saturated carbocycles. The number of para-hydroxylation sites is 1. The molecule has 0 spiro atoms. The summed E-state index contributed by atoms with van der Waals surface area (Å²) >= 11 is 0. The minimum atomic E-state index is -0.339. The van der Waals surface area contributed by atoms with Crippen LogP contribution in [-0.2, 0) is 29.1 Å². The summed E-state index contributed by atoms with van der Waals surface area (Å²) in [7, 11) is 1.39. The lowest BCUT2D eigenvalue weighted by Gasteiger charge is -2.23. The Morgan fingerprint density at radius 1 is 0.833 bits per heavy atom. The molecule has 0 unspecified atom stereocenters. The minimum absolute atomic E-state index is 0.155. The van der Waals surface area contributed by atoms with E-state index in [9.17, 15) is 9.59 Å². The number of ketones is 1. The summed E-state index contributed by atoms with van der Waals surface area (Å²) in [5, 5.41) is 0. The molecule has 48 heavy (non-hydrogen) atoms. The van der Waals surface area contributed by atoms with Crippen molar-refractivity contribution < 1.29 is 19.1 Å². The van der Waals surface area contributed by atoms with Crippen LogP contribution < -0.4 is 4.74 Å². The van der Waals surface area contributed by atoms with E-state index in [0.717, 1.165) is 61.3 Å². The molecule has 0 N–H and O–H groups in total. The molecule has 0 fully saturated rings. The predicted molar refractivity (Wildman–Crippen MR) is 196 cm³/mol. The molecule has 5 heteroatoms. The molecule has 0 atom stereocenters. The predicted octanol–water partition coefficient (Wildman–Crippen LogP) is 9.76. The Morgan fingerprint density at radius 2 is 1.58 bits per heavy atom. The quantitative estimate of drug-likeness (QED) is 0.0441. The maximum absolute atomic E-state index is 12.2. The standard InChI is InChI=1S/C43H49NO4/c1-5-6-7-16-41(45)17-10-11-28-44(31-34-19-25-38(26-20-34)43(46)47-4)29-27-37-13-8-9-18-42(37)48-32-35-21-23-36(24-22-35)40-15-12-14-39(30-40)33(2)3/h5,7-9,12-16,18-26,30,33H,1,6,10-11,17,27-29,31-32H2,2-4H3/b16-7-. The van der Waals surface area contributed by atoms with Gasteiger partial charge in [0.1, 0.15) is 12.4 Å². The lowest BCUT2D eigenvalue weighted by molar-refractivity contribution is -0.114. The van der Waals surface area contributed by atoms with Crippen LogP contribution in [0.5, 0.6) is 5.75 Å². The van der Waals surface area contributed by atoms with Gasteiger partial charge in [0.25, 0.3) is 0 Å². The van der Waals surface area contributed by atoms with Crippen molar-refractivity contribution in [2.75, 3.05) is 20.2 Å². The van der Waals surface area contributed by atoms with Gasteiger partial charge in [0.15, 0.2) is 5.78 Å². The number of allylic oxidation sites excluding steroid dienone is 3. The van der Waals surface area contributed by atoms with Crippen molar-refractivity contribution in [2.24, 2.45) is 0 Å². The van der Waals surface area contributed by atoms with E-state index in [4.69, 9.17) is 9.47 Å². The van der Waals surface area contributed by atoms with Crippen molar-refractivity contribution in [1.29, 1.82) is 0 Å². The number of nitrogens with zero attached hydrogens (tertiary/aromatic N) is 1. The summed E-state index contributed by atoms with van der Waals surface area (Å²) in [4.78, 5) is 26.5. The maximum atomic E-state index is 12.2. The summed E-state index contributed by atoms with van der Waals surface area (Å²) in [6, 6.07) is 33.2. The van der Waals surface area contributed by atoms with Crippen molar-refractivity contribution in [3.63, 3.8) is 0 Å². The highest BCUT2D eigenvalue weighted by atomic mass is 16.5. The molecule has 4 rings (SSSR count). The molecular formula is C43H49NO4. The minimum Gasteiger partial charge on any atom is -0.489 e. The van der Waals surface area contributed by atoms with Gasteiger partial charge in [-0.25, -0.2) is 4.79 Å². The Labute approximate surface area is 286 Å². The smallest absolute Gasteiger partial charge is 0.337 e. The zero-order valence-corrected chi connectivity index (χ0v) is 28.7. The van der Waals surface area contributed by atoms with Crippen LogP contribution >= 0.6 is 0 Å². The fourth-order valence-electron chi connectivity index (χ4n) is 5.57. The van der Waals surface area contributed by atoms with Gasteiger partial charge in [-0.1, -0.05) is 105 Å². The summed E-state index contributed by atoms with van der Waals surface area (Å²) in [6.07, 6.45) is 9.13. The maximum Gasteiger partial charge on any atom is 0.337 e. The highest BCUT2D eigenvalue weighted by Gasteiger charge is 2.12. The number of ether oxygens (including phenoxy) is 2. The summed E-state index contributed by atoms with van der Waals surface area (Å²) in [5.41, 5.74) is 7.72. The van der Waals surface area contributed by atoms with Crippen molar-refractivity contribution in [2.45, 2.75) is 65.0 Å². The largest absolute Gasteiger partial charge is 0.489 e. The molecule has 0 aliphatic heterocycles. The van der Waals surface area contributed by atoms with E-state index in [-0.39, 0.29) is 11.8 Å². The van der Waals surface area contributed by atoms with Gasteiger partial charge >= 0.3 is 5.97 Å². The number of esters is 1. The van der Waals surface area contributed by atoms with E-state index in [1.165, 1.54) is 23.8 Å². The molecular weight excluding hydrogens is 594 g/mol. The average Bonchev–Trinajstić information content (AvgIpc) is 3.12. The van der Waals surface area contributed by atoms with Gasteiger partial charge in [-0.05, 0) is 95.8 Å². The number of unbranched alkanes of at least 4 members (excludes halogenated alkanes) is 1. The Hall–Kier alpha value is -4.74. The molecule has 0 saturated heterocycles. The molecule has 0 amide bonds. The van der Waals surface area contributed by atoms with Crippen molar-refractivity contribution in [3.05, 3.63) is 150 Å². The molecule has 4 aromatic rings. The van der Waals surface area contributed by atoms with E-state index in [2.05, 4.69) is 86.0 Å². The van der Waals surface area contributed by atoms with Gasteiger partial charge in [0.05, 0.1) is 12.7 Å². The van der Waals surface area contributed by atoms with E-state index in [1.54, 1.807) is 12.2 Å². The van der Waals surface area contributed by atoms with Gasteiger partial charge in [-0.3, -0.25) is 9.69 Å². The lowest BCUT2D eigenvalue weighted by atomic mass is 9.97. The Morgan fingerprint density at radius 3 is 2.31 bits per heavy atom. The van der Waals surface area contributed by atoms with Crippen LogP contribution in [0.25, 0.3) is 11.1 Å². The second-order valence-electron chi connectivity index (χ2n) is 12.4. The second-order valence-corrected chi connectivity index (χ2v) is 12.4. The molecule has 4 aromatic carbocycles. The molecule has 0 radical (unpaired) electrons. The van der Waals surface area contributed by atoms with Crippen molar-refractivity contribution >= 4 is 11.8 Å². The lowest BCUT2D eigenvalue weighted by Crippen LogP contribution is -2.27. The van der Waals surface area contributed by atoms with E-state index in [1.807, 2.05) is 42.5 Å². The average molecular weight is 644 g/mol. The van der Waals surface area contributed by atoms with Crippen LogP contribution in [-0.4, -0.2) is 36.9 Å². The third-order valence-corrected chi connectivity index (χ3v) is 8.44. The third kappa shape index (κ3) is 11.5. The molecule has 5 nitrogen and oxygen atoms in total. The second kappa shape index (κ2) is 19.2. The van der Waals surface area contributed by atoms with E-state index < -0.39 is 0 Å². The van der Waals surface area contributed by atoms with Crippen LogP contribution in [0.3, 0.4) is 0 Å². The molecule has 250 valence electrons. The molecule has 0 bridgehead atoms. The first-order chi connectivity index (χ1) is 23.4. The van der Waals surface area contributed by atoms with Gasteiger partial charge in [0.2, 0.25) is 0 Å². The number of hydrogen-bond acceptors (Lipinski definition) is 5. The third-order valence-electron chi connectivity index (χ3n) is 8.44. The number of benzene rings is 4. The monoisotopic (exact) mass is 643 g/mol. The van der Waals surface area contributed by atoms with Crippen LogP contribution in [0.2, 0.25) is 0 Å². The van der Waals surface area contributed by atoms with Crippen molar-refractivity contribution in [3.8, 4) is 16.9 Å². The van der Waals surface area contributed by atoms with Crippen LogP contribution in [0, 0.1) is 0 Å². The number of carbonyl (C=O) groups excluding carboxylic acids is 2. The number of methoxy groups -OCH3 is 1.